The lowest BCUT2D eigenvalue weighted by Crippen LogP contribution is -2.55. The molecular weight excluding hydrogens is 516 g/mol. The van der Waals surface area contributed by atoms with Gasteiger partial charge in [0.25, 0.3) is 0 Å². The fourth-order valence-electron chi connectivity index (χ4n) is 5.32. The zero-order valence-electron chi connectivity index (χ0n) is 23.8. The van der Waals surface area contributed by atoms with Crippen LogP contribution in [0.15, 0.2) is 78.9 Å². The maximum absolute atomic E-state index is 14.1. The Morgan fingerprint density at radius 3 is 2.22 bits per heavy atom. The first-order valence-electron chi connectivity index (χ1n) is 14.4. The molecule has 1 saturated heterocycles. The van der Waals surface area contributed by atoms with Crippen molar-refractivity contribution in [2.24, 2.45) is 5.73 Å². The van der Waals surface area contributed by atoms with Crippen LogP contribution in [0.4, 0.5) is 0 Å². The molecule has 3 aromatic carbocycles. The number of carbonyl (C=O) groups excluding carboxylic acids is 3. The van der Waals surface area contributed by atoms with Crippen molar-refractivity contribution in [1.29, 1.82) is 0 Å². The van der Waals surface area contributed by atoms with E-state index in [1.165, 1.54) is 0 Å². The Labute approximate surface area is 242 Å². The summed E-state index contributed by atoms with van der Waals surface area (Å²) in [6.07, 6.45) is 1.22. The highest BCUT2D eigenvalue weighted by Gasteiger charge is 2.44. The number of hydrogen-bond acceptors (Lipinski definition) is 5. The summed E-state index contributed by atoms with van der Waals surface area (Å²) < 4.78 is 5.54. The van der Waals surface area contributed by atoms with Crippen LogP contribution in [0.25, 0.3) is 0 Å². The second kappa shape index (κ2) is 14.5. The molecule has 0 aliphatic carbocycles. The Hall–Kier alpha value is -4.17. The molecule has 0 bridgehead atoms. The molecule has 1 fully saturated rings. The monoisotopic (exact) mass is 556 g/mol. The lowest BCUT2D eigenvalue weighted by Gasteiger charge is -2.31. The summed E-state index contributed by atoms with van der Waals surface area (Å²) in [6, 6.07) is 23.7. The third-order valence-corrected chi connectivity index (χ3v) is 7.53. The molecular formula is C33H40N4O4. The molecule has 2 unspecified atom stereocenters. The molecule has 4 rings (SSSR count). The van der Waals surface area contributed by atoms with Gasteiger partial charge in [0.1, 0.15) is 17.8 Å². The number of rotatable bonds is 12. The molecule has 8 nitrogen and oxygen atoms in total. The Balaban J connectivity index is 1.57. The normalized spacial score (nSPS) is 17.1. The van der Waals surface area contributed by atoms with Crippen molar-refractivity contribution >= 4 is 17.7 Å². The van der Waals surface area contributed by atoms with Gasteiger partial charge in [0.15, 0.2) is 0 Å². The summed E-state index contributed by atoms with van der Waals surface area (Å²) in [4.78, 5) is 42.0. The van der Waals surface area contributed by atoms with Gasteiger partial charge in [-0.2, -0.15) is 0 Å². The third-order valence-electron chi connectivity index (χ3n) is 7.53. The van der Waals surface area contributed by atoms with Crippen molar-refractivity contribution in [3.63, 3.8) is 0 Å². The van der Waals surface area contributed by atoms with Crippen LogP contribution in [0, 0.1) is 0 Å². The summed E-state index contributed by atoms with van der Waals surface area (Å²) in [5.74, 6) is -0.0973. The number of carbonyl (C=O) groups is 3. The van der Waals surface area contributed by atoms with E-state index >= 15 is 0 Å². The number of nitrogens with one attached hydrogen (secondary N) is 2. The summed E-state index contributed by atoms with van der Waals surface area (Å²) in [6.45, 7) is 5.45. The second-order valence-corrected chi connectivity index (χ2v) is 10.3. The fraction of sp³-hybridized carbons (Fsp3) is 0.364. The predicted molar refractivity (Wildman–Crippen MR) is 159 cm³/mol. The molecule has 1 heterocycles. The van der Waals surface area contributed by atoms with Crippen LogP contribution in [0.2, 0.25) is 0 Å². The summed E-state index contributed by atoms with van der Waals surface area (Å²) in [5.41, 5.74) is 9.58. The molecule has 1 aliphatic heterocycles. The van der Waals surface area contributed by atoms with Crippen LogP contribution in [-0.4, -0.2) is 47.9 Å². The van der Waals surface area contributed by atoms with E-state index in [1.54, 1.807) is 11.8 Å². The number of nitrogens with zero attached hydrogens (tertiary/aromatic N) is 1. The van der Waals surface area contributed by atoms with Crippen LogP contribution < -0.4 is 21.1 Å². The molecule has 41 heavy (non-hydrogen) atoms. The maximum Gasteiger partial charge on any atom is 0.246 e. The number of hydrogen-bond donors (Lipinski definition) is 3. The van der Waals surface area contributed by atoms with Crippen LogP contribution >= 0.6 is 0 Å². The molecule has 3 amide bonds. The minimum atomic E-state index is -0.797. The maximum atomic E-state index is 14.1. The highest BCUT2D eigenvalue weighted by atomic mass is 16.5. The van der Waals surface area contributed by atoms with Gasteiger partial charge in [0.05, 0.1) is 6.61 Å². The van der Waals surface area contributed by atoms with Gasteiger partial charge in [-0.15, -0.1) is 0 Å². The number of benzene rings is 3. The molecule has 0 aromatic heterocycles. The smallest absolute Gasteiger partial charge is 0.246 e. The predicted octanol–water partition coefficient (Wildman–Crippen LogP) is 3.68. The van der Waals surface area contributed by atoms with Crippen molar-refractivity contribution in [1.82, 2.24) is 15.5 Å². The van der Waals surface area contributed by atoms with Crippen molar-refractivity contribution in [3.05, 3.63) is 101 Å². The first-order valence-corrected chi connectivity index (χ1v) is 14.4. The molecule has 0 saturated carbocycles. The zero-order valence-corrected chi connectivity index (χ0v) is 23.8. The minimum Gasteiger partial charge on any atom is -0.494 e. The topological polar surface area (TPSA) is 114 Å². The molecule has 3 aromatic rings. The average molecular weight is 557 g/mol. The van der Waals surface area contributed by atoms with Crippen LogP contribution in [-0.2, 0) is 33.9 Å². The van der Waals surface area contributed by atoms with E-state index in [2.05, 4.69) is 10.6 Å². The van der Waals surface area contributed by atoms with Gasteiger partial charge < -0.3 is 26.0 Å². The number of nitrogens with two attached hydrogens (primary N) is 1. The first kappa shape index (κ1) is 29.8. The van der Waals surface area contributed by atoms with E-state index in [0.717, 1.165) is 28.0 Å². The average Bonchev–Trinajstić information content (AvgIpc) is 3.46. The fourth-order valence-corrected chi connectivity index (χ4v) is 5.32. The van der Waals surface area contributed by atoms with Crippen LogP contribution in [0.5, 0.6) is 5.75 Å². The van der Waals surface area contributed by atoms with Crippen molar-refractivity contribution in [2.45, 2.75) is 64.2 Å². The first-order chi connectivity index (χ1) is 19.9. The highest BCUT2D eigenvalue weighted by Crippen LogP contribution is 2.34. The van der Waals surface area contributed by atoms with Gasteiger partial charge in [0, 0.05) is 38.4 Å². The van der Waals surface area contributed by atoms with Gasteiger partial charge in [-0.3, -0.25) is 14.4 Å². The van der Waals surface area contributed by atoms with Crippen LogP contribution in [0.1, 0.15) is 54.9 Å². The van der Waals surface area contributed by atoms with Gasteiger partial charge in [-0.1, -0.05) is 73.7 Å². The van der Waals surface area contributed by atoms with Gasteiger partial charge in [-0.05, 0) is 47.7 Å². The van der Waals surface area contributed by atoms with E-state index in [0.29, 0.717) is 39.1 Å². The summed E-state index contributed by atoms with van der Waals surface area (Å²) >= 11 is 0. The van der Waals surface area contributed by atoms with Gasteiger partial charge in [-0.25, -0.2) is 0 Å². The van der Waals surface area contributed by atoms with Crippen LogP contribution in [0.3, 0.4) is 0 Å². The molecule has 1 aliphatic rings. The lowest BCUT2D eigenvalue weighted by atomic mass is 9.91. The number of ether oxygens (including phenoxy) is 1. The van der Waals surface area contributed by atoms with Crippen molar-refractivity contribution < 1.29 is 19.1 Å². The lowest BCUT2D eigenvalue weighted by molar-refractivity contribution is -0.141. The van der Waals surface area contributed by atoms with Gasteiger partial charge >= 0.3 is 0 Å². The molecule has 0 radical (unpaired) electrons. The molecule has 216 valence electrons. The Bertz CT molecular complexity index is 1300. The second-order valence-electron chi connectivity index (χ2n) is 10.3. The summed E-state index contributed by atoms with van der Waals surface area (Å²) in [5, 5.41) is 5.97. The van der Waals surface area contributed by atoms with E-state index < -0.39 is 12.1 Å². The summed E-state index contributed by atoms with van der Waals surface area (Å²) in [7, 11) is 0. The Kier molecular flexibility index (Phi) is 10.5. The van der Waals surface area contributed by atoms with E-state index in [9.17, 15) is 14.4 Å². The minimum absolute atomic E-state index is 0.159. The largest absolute Gasteiger partial charge is 0.494 e. The molecule has 4 N–H and O–H groups in total. The van der Waals surface area contributed by atoms with E-state index in [4.69, 9.17) is 10.5 Å². The number of likely N-dealkylation sites (tertiary alicyclic amines) is 1. The Morgan fingerprint density at radius 2 is 1.59 bits per heavy atom. The Morgan fingerprint density at radius 1 is 0.927 bits per heavy atom. The molecule has 3 atom stereocenters. The highest BCUT2D eigenvalue weighted by molar-refractivity contribution is 5.93. The van der Waals surface area contributed by atoms with Gasteiger partial charge in [0.2, 0.25) is 17.7 Å². The number of amides is 3. The standard InChI is InChI=1S/C33H40N4O4/c1-3-30(38)36-29(20-23-14-16-27(17-15-23)41-4-2)33(40)37-19-18-28(26-8-6-5-7-9-26)31(37)32(39)35-22-25-12-10-24(21-34)11-13-25/h5-17,28-29,31H,3-4,18-22,34H2,1-2H3,(H,35,39)(H,36,38)/t28?,29-,31?/m1/s1. The van der Waals surface area contributed by atoms with Crippen molar-refractivity contribution in [2.75, 3.05) is 13.2 Å². The zero-order chi connectivity index (χ0) is 29.2. The molecule has 0 spiro atoms. The van der Waals surface area contributed by atoms with E-state index in [-0.39, 0.29) is 30.1 Å². The van der Waals surface area contributed by atoms with E-state index in [1.807, 2.05) is 85.8 Å². The SMILES string of the molecule is CCOc1ccc(C[C@@H](NC(=O)CC)C(=O)N2CCC(c3ccccc3)C2C(=O)NCc2ccc(CN)cc2)cc1. The molecule has 8 heteroatoms. The third kappa shape index (κ3) is 7.73. The van der Waals surface area contributed by atoms with Crippen molar-refractivity contribution in [3.8, 4) is 5.75 Å². The quantitative estimate of drug-likeness (QED) is 0.315.